The van der Waals surface area contributed by atoms with Crippen LogP contribution in [0.4, 0.5) is 0 Å². The highest BCUT2D eigenvalue weighted by Gasteiger charge is 2.28. The summed E-state index contributed by atoms with van der Waals surface area (Å²) in [5.74, 6) is 0.140. The van der Waals surface area contributed by atoms with E-state index in [4.69, 9.17) is 10.8 Å². The molecular formula is C10H20N2O2. The van der Waals surface area contributed by atoms with Crippen molar-refractivity contribution < 1.29 is 9.90 Å². The van der Waals surface area contributed by atoms with E-state index in [1.165, 1.54) is 0 Å². The van der Waals surface area contributed by atoms with Crippen LogP contribution < -0.4 is 11.1 Å². The zero-order valence-electron chi connectivity index (χ0n) is 8.70. The van der Waals surface area contributed by atoms with Gasteiger partial charge in [-0.15, -0.1) is 0 Å². The maximum Gasteiger partial charge on any atom is 0.237 e. The number of carbonyl (C=O) groups is 1. The van der Waals surface area contributed by atoms with Crippen molar-refractivity contribution >= 4 is 5.91 Å². The van der Waals surface area contributed by atoms with Crippen molar-refractivity contribution in [3.8, 4) is 0 Å². The predicted molar refractivity (Wildman–Crippen MR) is 54.6 cm³/mol. The third-order valence-electron chi connectivity index (χ3n) is 3.00. The Hall–Kier alpha value is -0.610. The largest absolute Gasteiger partial charge is 0.396 e. The smallest absolute Gasteiger partial charge is 0.237 e. The molecule has 1 saturated carbocycles. The van der Waals surface area contributed by atoms with E-state index in [9.17, 15) is 4.79 Å². The van der Waals surface area contributed by atoms with Crippen LogP contribution in [0.25, 0.3) is 0 Å². The van der Waals surface area contributed by atoms with Gasteiger partial charge in [-0.3, -0.25) is 4.79 Å². The molecule has 4 heteroatoms. The lowest BCUT2D eigenvalue weighted by Crippen LogP contribution is -2.46. The fraction of sp³-hybridized carbons (Fsp3) is 0.900. The molecule has 3 atom stereocenters. The molecule has 0 radical (unpaired) electrons. The molecule has 4 nitrogen and oxygen atoms in total. The summed E-state index contributed by atoms with van der Waals surface area (Å²) in [5.41, 5.74) is 5.61. The Kier molecular flexibility index (Phi) is 4.35. The molecule has 0 bridgehead atoms. The second-order valence-electron chi connectivity index (χ2n) is 4.00. The Morgan fingerprint density at radius 1 is 1.64 bits per heavy atom. The van der Waals surface area contributed by atoms with E-state index in [0.29, 0.717) is 6.42 Å². The summed E-state index contributed by atoms with van der Waals surface area (Å²) >= 11 is 0. The fourth-order valence-electron chi connectivity index (χ4n) is 1.92. The first-order valence-electron chi connectivity index (χ1n) is 5.35. The molecule has 1 rings (SSSR count). The average molecular weight is 200 g/mol. The van der Waals surface area contributed by atoms with Crippen molar-refractivity contribution in [2.45, 2.75) is 44.7 Å². The SMILES string of the molecule is CC[C@@H](N)C(=O)NC1CCCC1CO. The van der Waals surface area contributed by atoms with Gasteiger partial charge in [-0.2, -0.15) is 0 Å². The Morgan fingerprint density at radius 3 is 2.93 bits per heavy atom. The molecule has 0 aliphatic heterocycles. The minimum atomic E-state index is -0.407. The van der Waals surface area contributed by atoms with Gasteiger partial charge in [0, 0.05) is 18.6 Å². The zero-order chi connectivity index (χ0) is 10.6. The number of amides is 1. The number of hydrogen-bond donors (Lipinski definition) is 3. The normalized spacial score (nSPS) is 28.8. The van der Waals surface area contributed by atoms with Crippen molar-refractivity contribution in [3.63, 3.8) is 0 Å². The van der Waals surface area contributed by atoms with E-state index >= 15 is 0 Å². The Balaban J connectivity index is 2.39. The Bertz CT molecular complexity index is 197. The summed E-state index contributed by atoms with van der Waals surface area (Å²) in [6.45, 7) is 2.05. The molecule has 1 fully saturated rings. The lowest BCUT2D eigenvalue weighted by atomic mass is 10.0. The highest BCUT2D eigenvalue weighted by molar-refractivity contribution is 5.81. The summed E-state index contributed by atoms with van der Waals surface area (Å²) in [6, 6.07) is -0.278. The van der Waals surface area contributed by atoms with Crippen molar-refractivity contribution in [1.29, 1.82) is 0 Å². The molecule has 0 heterocycles. The first-order chi connectivity index (χ1) is 6.69. The zero-order valence-corrected chi connectivity index (χ0v) is 8.70. The molecule has 2 unspecified atom stereocenters. The number of hydrogen-bond acceptors (Lipinski definition) is 3. The Morgan fingerprint density at radius 2 is 2.36 bits per heavy atom. The second kappa shape index (κ2) is 5.32. The second-order valence-corrected chi connectivity index (χ2v) is 4.00. The average Bonchev–Trinajstić information content (AvgIpc) is 2.63. The van der Waals surface area contributed by atoms with Gasteiger partial charge in [-0.1, -0.05) is 13.3 Å². The van der Waals surface area contributed by atoms with Gasteiger partial charge >= 0.3 is 0 Å². The third kappa shape index (κ3) is 2.69. The van der Waals surface area contributed by atoms with Crippen LogP contribution in [0.5, 0.6) is 0 Å². The highest BCUT2D eigenvalue weighted by Crippen LogP contribution is 2.24. The number of rotatable bonds is 4. The van der Waals surface area contributed by atoms with Crippen LogP contribution in [0.3, 0.4) is 0 Å². The summed E-state index contributed by atoms with van der Waals surface area (Å²) < 4.78 is 0. The van der Waals surface area contributed by atoms with Crippen LogP contribution in [0.15, 0.2) is 0 Å². The van der Waals surface area contributed by atoms with Crippen LogP contribution >= 0.6 is 0 Å². The van der Waals surface area contributed by atoms with E-state index < -0.39 is 6.04 Å². The van der Waals surface area contributed by atoms with Crippen molar-refractivity contribution in [2.75, 3.05) is 6.61 Å². The summed E-state index contributed by atoms with van der Waals surface area (Å²) in [5, 5.41) is 12.0. The molecule has 14 heavy (non-hydrogen) atoms. The molecule has 0 spiro atoms. The van der Waals surface area contributed by atoms with Gasteiger partial charge in [-0.05, 0) is 19.3 Å². The summed E-state index contributed by atoms with van der Waals surface area (Å²) in [4.78, 5) is 11.5. The molecule has 0 saturated heterocycles. The highest BCUT2D eigenvalue weighted by atomic mass is 16.3. The van der Waals surface area contributed by atoms with Crippen LogP contribution in [0, 0.1) is 5.92 Å². The number of aliphatic hydroxyl groups is 1. The molecule has 1 aliphatic carbocycles. The first-order valence-corrected chi connectivity index (χ1v) is 5.35. The van der Waals surface area contributed by atoms with Gasteiger partial charge in [-0.25, -0.2) is 0 Å². The van der Waals surface area contributed by atoms with E-state index in [0.717, 1.165) is 19.3 Å². The monoisotopic (exact) mass is 200 g/mol. The quantitative estimate of drug-likeness (QED) is 0.598. The van der Waals surface area contributed by atoms with Crippen molar-refractivity contribution in [2.24, 2.45) is 11.7 Å². The lowest BCUT2D eigenvalue weighted by molar-refractivity contribution is -0.123. The van der Waals surface area contributed by atoms with Gasteiger partial charge in [0.1, 0.15) is 0 Å². The molecule has 1 amide bonds. The summed E-state index contributed by atoms with van der Waals surface area (Å²) in [7, 11) is 0. The van der Waals surface area contributed by atoms with E-state index in [-0.39, 0.29) is 24.5 Å². The van der Waals surface area contributed by atoms with Crippen molar-refractivity contribution in [3.05, 3.63) is 0 Å². The predicted octanol–water partition coefficient (Wildman–Crippen LogP) is 0.000900. The minimum absolute atomic E-state index is 0.0853. The lowest BCUT2D eigenvalue weighted by Gasteiger charge is -2.20. The van der Waals surface area contributed by atoms with Gasteiger partial charge < -0.3 is 16.2 Å². The number of carbonyl (C=O) groups excluding carboxylic acids is 1. The van der Waals surface area contributed by atoms with E-state index in [1.807, 2.05) is 6.92 Å². The fourth-order valence-corrected chi connectivity index (χ4v) is 1.92. The molecular weight excluding hydrogens is 180 g/mol. The van der Waals surface area contributed by atoms with E-state index in [2.05, 4.69) is 5.32 Å². The van der Waals surface area contributed by atoms with Gasteiger partial charge in [0.25, 0.3) is 0 Å². The summed E-state index contributed by atoms with van der Waals surface area (Å²) in [6.07, 6.45) is 3.70. The van der Waals surface area contributed by atoms with Crippen molar-refractivity contribution in [1.82, 2.24) is 5.32 Å². The number of nitrogens with two attached hydrogens (primary N) is 1. The van der Waals surface area contributed by atoms with Crippen LogP contribution in [-0.4, -0.2) is 29.7 Å². The molecule has 1 aliphatic rings. The van der Waals surface area contributed by atoms with Gasteiger partial charge in [0.15, 0.2) is 0 Å². The maximum atomic E-state index is 11.5. The topological polar surface area (TPSA) is 75.4 Å². The van der Waals surface area contributed by atoms with Gasteiger partial charge in [0.2, 0.25) is 5.91 Å². The first kappa shape index (κ1) is 11.5. The minimum Gasteiger partial charge on any atom is -0.396 e. The molecule has 0 aromatic rings. The van der Waals surface area contributed by atoms with Gasteiger partial charge in [0.05, 0.1) is 6.04 Å². The maximum absolute atomic E-state index is 11.5. The van der Waals surface area contributed by atoms with Crippen LogP contribution in [0.1, 0.15) is 32.6 Å². The van der Waals surface area contributed by atoms with E-state index in [1.54, 1.807) is 0 Å². The number of nitrogens with one attached hydrogen (secondary N) is 1. The molecule has 0 aromatic carbocycles. The Labute approximate surface area is 84.9 Å². The standard InChI is InChI=1S/C10H20N2O2/c1-2-8(11)10(14)12-9-5-3-4-7(9)6-13/h7-9,13H,2-6,11H2,1H3,(H,12,14)/t7?,8-,9?/m1/s1. The molecule has 82 valence electrons. The number of aliphatic hydroxyl groups excluding tert-OH is 1. The molecule has 4 N–H and O–H groups in total. The van der Waals surface area contributed by atoms with Crippen LogP contribution in [0.2, 0.25) is 0 Å². The van der Waals surface area contributed by atoms with Crippen LogP contribution in [-0.2, 0) is 4.79 Å². The third-order valence-corrected chi connectivity index (χ3v) is 3.00. The molecule has 0 aromatic heterocycles.